The maximum Gasteiger partial charge on any atom is 0.255 e. The molecular weight excluding hydrogens is 450 g/mol. The van der Waals surface area contributed by atoms with Crippen molar-refractivity contribution in [2.45, 2.75) is 13.0 Å². The van der Waals surface area contributed by atoms with Crippen LogP contribution < -0.4 is 20.7 Å². The molecule has 3 rings (SSSR count). The van der Waals surface area contributed by atoms with E-state index < -0.39 is 6.04 Å². The van der Waals surface area contributed by atoms with Crippen LogP contribution in [0.25, 0.3) is 0 Å². The summed E-state index contributed by atoms with van der Waals surface area (Å²) in [5, 5.41) is 10.1. The zero-order valence-electron chi connectivity index (χ0n) is 14.6. The molecule has 0 fully saturated rings. The molecule has 0 bridgehead atoms. The van der Waals surface area contributed by atoms with E-state index in [4.69, 9.17) is 28.6 Å². The van der Waals surface area contributed by atoms with Crippen LogP contribution >= 0.6 is 39.7 Å². The maximum absolute atomic E-state index is 13.1. The number of nitrogens with one attached hydrogen (secondary N) is 3. The molecule has 1 unspecified atom stereocenters. The lowest BCUT2D eigenvalue weighted by Gasteiger charge is -2.31. The molecule has 0 aromatic heterocycles. The number of amides is 1. The number of ether oxygens (including phenoxy) is 1. The fourth-order valence-corrected chi connectivity index (χ4v) is 3.84. The SMILES string of the molecule is COc1cc(Cl)ccc1NC(=O)C1=C(C)NC(=S)NC1c1ccccc1Br. The van der Waals surface area contributed by atoms with Gasteiger partial charge in [0.15, 0.2) is 5.11 Å². The van der Waals surface area contributed by atoms with Gasteiger partial charge in [-0.05, 0) is 42.9 Å². The van der Waals surface area contributed by atoms with E-state index in [2.05, 4.69) is 31.9 Å². The Morgan fingerprint density at radius 1 is 1.30 bits per heavy atom. The zero-order chi connectivity index (χ0) is 19.6. The van der Waals surface area contributed by atoms with E-state index in [1.807, 2.05) is 31.2 Å². The Hall–Kier alpha value is -2.09. The van der Waals surface area contributed by atoms with Crippen LogP contribution in [0.15, 0.2) is 58.2 Å². The minimum absolute atomic E-state index is 0.267. The fourth-order valence-electron chi connectivity index (χ4n) is 2.90. The number of anilines is 1. The molecule has 0 saturated heterocycles. The van der Waals surface area contributed by atoms with Gasteiger partial charge in [0.2, 0.25) is 0 Å². The van der Waals surface area contributed by atoms with Crippen molar-refractivity contribution in [3.05, 3.63) is 68.8 Å². The van der Waals surface area contributed by atoms with Crippen molar-refractivity contribution in [1.82, 2.24) is 10.6 Å². The molecule has 1 amide bonds. The number of benzene rings is 2. The lowest BCUT2D eigenvalue weighted by Crippen LogP contribution is -2.45. The van der Waals surface area contributed by atoms with Gasteiger partial charge in [-0.1, -0.05) is 45.7 Å². The van der Waals surface area contributed by atoms with Crippen molar-refractivity contribution in [2.24, 2.45) is 0 Å². The first-order valence-electron chi connectivity index (χ1n) is 8.08. The molecule has 0 radical (unpaired) electrons. The van der Waals surface area contributed by atoms with Gasteiger partial charge in [-0.3, -0.25) is 4.79 Å². The van der Waals surface area contributed by atoms with Crippen LogP contribution in [0.1, 0.15) is 18.5 Å². The van der Waals surface area contributed by atoms with Crippen LogP contribution in [-0.2, 0) is 4.79 Å². The van der Waals surface area contributed by atoms with Crippen molar-refractivity contribution < 1.29 is 9.53 Å². The number of halogens is 2. The van der Waals surface area contributed by atoms with Gasteiger partial charge < -0.3 is 20.7 Å². The molecular formula is C19H17BrClN3O2S. The van der Waals surface area contributed by atoms with E-state index in [9.17, 15) is 4.79 Å². The maximum atomic E-state index is 13.1. The average Bonchev–Trinajstić information content (AvgIpc) is 2.62. The van der Waals surface area contributed by atoms with Crippen molar-refractivity contribution in [1.29, 1.82) is 0 Å². The van der Waals surface area contributed by atoms with E-state index in [-0.39, 0.29) is 5.91 Å². The molecule has 1 aliphatic rings. The molecule has 0 aliphatic carbocycles. The molecule has 1 aliphatic heterocycles. The standard InChI is InChI=1S/C19H17BrClN3O2S/c1-10-16(18(25)23-14-8-7-11(21)9-15(14)26-2)17(24-19(27)22-10)12-5-3-4-6-13(12)20/h3-9,17H,1-2H3,(H,23,25)(H2,22,24,27). The predicted molar refractivity (Wildman–Crippen MR) is 115 cm³/mol. The van der Waals surface area contributed by atoms with Crippen LogP contribution in [0.5, 0.6) is 5.75 Å². The molecule has 0 saturated carbocycles. The third-order valence-corrected chi connectivity index (χ3v) is 5.32. The number of hydrogen-bond donors (Lipinski definition) is 3. The highest BCUT2D eigenvalue weighted by Crippen LogP contribution is 2.34. The van der Waals surface area contributed by atoms with Crippen LogP contribution in [0.2, 0.25) is 5.02 Å². The highest BCUT2D eigenvalue weighted by molar-refractivity contribution is 9.10. The molecule has 3 N–H and O–H groups in total. The number of methoxy groups -OCH3 is 1. The molecule has 1 heterocycles. The van der Waals surface area contributed by atoms with Crippen LogP contribution in [-0.4, -0.2) is 18.1 Å². The third kappa shape index (κ3) is 4.26. The Morgan fingerprint density at radius 2 is 2.04 bits per heavy atom. The van der Waals surface area contributed by atoms with E-state index in [1.165, 1.54) is 7.11 Å². The van der Waals surface area contributed by atoms with E-state index >= 15 is 0 Å². The Morgan fingerprint density at radius 3 is 2.74 bits per heavy atom. The van der Waals surface area contributed by atoms with Gasteiger partial charge in [-0.15, -0.1) is 0 Å². The molecule has 140 valence electrons. The van der Waals surface area contributed by atoms with E-state index in [0.717, 1.165) is 10.0 Å². The minimum Gasteiger partial charge on any atom is -0.495 e. The third-order valence-electron chi connectivity index (χ3n) is 4.14. The Balaban J connectivity index is 1.99. The Labute approximate surface area is 176 Å². The van der Waals surface area contributed by atoms with Gasteiger partial charge in [0, 0.05) is 21.3 Å². The largest absolute Gasteiger partial charge is 0.495 e. The van der Waals surface area contributed by atoms with Gasteiger partial charge in [-0.25, -0.2) is 0 Å². The molecule has 2 aromatic carbocycles. The van der Waals surface area contributed by atoms with Gasteiger partial charge in [0.1, 0.15) is 5.75 Å². The highest BCUT2D eigenvalue weighted by atomic mass is 79.9. The molecule has 1 atom stereocenters. The quantitative estimate of drug-likeness (QED) is 0.577. The molecule has 0 spiro atoms. The summed E-state index contributed by atoms with van der Waals surface area (Å²) in [6, 6.07) is 12.4. The second-order valence-electron chi connectivity index (χ2n) is 5.89. The summed E-state index contributed by atoms with van der Waals surface area (Å²) >= 11 is 14.8. The Bertz CT molecular complexity index is 948. The van der Waals surface area contributed by atoms with E-state index in [0.29, 0.717) is 32.8 Å². The first-order chi connectivity index (χ1) is 12.9. The van der Waals surface area contributed by atoms with Crippen LogP contribution in [0.3, 0.4) is 0 Å². The van der Waals surface area contributed by atoms with Gasteiger partial charge in [0.05, 0.1) is 24.4 Å². The summed E-state index contributed by atoms with van der Waals surface area (Å²) in [5.74, 6) is 0.218. The lowest BCUT2D eigenvalue weighted by molar-refractivity contribution is -0.113. The fraction of sp³-hybridized carbons (Fsp3) is 0.158. The minimum atomic E-state index is -0.396. The summed E-state index contributed by atoms with van der Waals surface area (Å²) in [7, 11) is 1.53. The van der Waals surface area contributed by atoms with Crippen molar-refractivity contribution >= 4 is 56.5 Å². The zero-order valence-corrected chi connectivity index (χ0v) is 17.8. The molecule has 8 heteroatoms. The first-order valence-corrected chi connectivity index (χ1v) is 9.66. The lowest BCUT2D eigenvalue weighted by atomic mass is 9.95. The molecule has 5 nitrogen and oxygen atoms in total. The van der Waals surface area contributed by atoms with Crippen LogP contribution in [0.4, 0.5) is 5.69 Å². The monoisotopic (exact) mass is 465 g/mol. The van der Waals surface area contributed by atoms with Crippen molar-refractivity contribution in [3.8, 4) is 5.75 Å². The van der Waals surface area contributed by atoms with Crippen molar-refractivity contribution in [3.63, 3.8) is 0 Å². The number of allylic oxidation sites excluding steroid dienone is 1. The number of rotatable bonds is 4. The summed E-state index contributed by atoms with van der Waals surface area (Å²) < 4.78 is 6.20. The van der Waals surface area contributed by atoms with Crippen LogP contribution in [0, 0.1) is 0 Å². The van der Waals surface area contributed by atoms with Crippen molar-refractivity contribution in [2.75, 3.05) is 12.4 Å². The van der Waals surface area contributed by atoms with Gasteiger partial charge >= 0.3 is 0 Å². The van der Waals surface area contributed by atoms with Gasteiger partial charge in [-0.2, -0.15) is 0 Å². The van der Waals surface area contributed by atoms with Gasteiger partial charge in [0.25, 0.3) is 5.91 Å². The second-order valence-corrected chi connectivity index (χ2v) is 7.59. The van der Waals surface area contributed by atoms with E-state index in [1.54, 1.807) is 18.2 Å². The smallest absolute Gasteiger partial charge is 0.255 e. The number of thiocarbonyl (C=S) groups is 1. The Kier molecular flexibility index (Phi) is 6.04. The topological polar surface area (TPSA) is 62.4 Å². The number of hydrogen-bond acceptors (Lipinski definition) is 3. The number of carbonyl (C=O) groups excluding carboxylic acids is 1. The summed E-state index contributed by atoms with van der Waals surface area (Å²) in [6.07, 6.45) is 0. The summed E-state index contributed by atoms with van der Waals surface area (Å²) in [5.41, 5.74) is 2.66. The predicted octanol–water partition coefficient (Wildman–Crippen LogP) is 4.54. The number of carbonyl (C=O) groups is 1. The molecule has 27 heavy (non-hydrogen) atoms. The first kappa shape index (κ1) is 19.7. The average molecular weight is 467 g/mol. The highest BCUT2D eigenvalue weighted by Gasteiger charge is 2.31. The second kappa shape index (κ2) is 8.29. The normalized spacial score (nSPS) is 16.4. The summed E-state index contributed by atoms with van der Waals surface area (Å²) in [4.78, 5) is 13.1. The summed E-state index contributed by atoms with van der Waals surface area (Å²) in [6.45, 7) is 1.82. The molecule has 2 aromatic rings.